The highest BCUT2D eigenvalue weighted by atomic mass is 16.5. The molecule has 1 aromatic rings. The van der Waals surface area contributed by atoms with Crippen molar-refractivity contribution in [3.63, 3.8) is 0 Å². The molecule has 0 radical (unpaired) electrons. The zero-order chi connectivity index (χ0) is 13.2. The number of hydrazine groups is 1. The number of aromatic nitrogens is 2. The monoisotopic (exact) mass is 238 g/mol. The summed E-state index contributed by atoms with van der Waals surface area (Å²) in [5.41, 5.74) is 4.40. The van der Waals surface area contributed by atoms with Crippen molar-refractivity contribution in [2.45, 2.75) is 40.7 Å². The molecular formula is C12H22N4O. The fourth-order valence-corrected chi connectivity index (χ4v) is 1.75. The molecule has 1 aromatic heterocycles. The molecule has 17 heavy (non-hydrogen) atoms. The lowest BCUT2D eigenvalue weighted by Crippen LogP contribution is -2.24. The quantitative estimate of drug-likeness (QED) is 0.623. The minimum Gasteiger partial charge on any atom is -0.373 e. The Morgan fingerprint density at radius 3 is 2.24 bits per heavy atom. The number of nitrogen functional groups attached to an aromatic ring is 1. The van der Waals surface area contributed by atoms with Crippen LogP contribution in [-0.4, -0.2) is 17.1 Å². The predicted octanol–water partition coefficient (Wildman–Crippen LogP) is 2.11. The summed E-state index contributed by atoms with van der Waals surface area (Å²) in [5.74, 6) is 6.77. The second kappa shape index (κ2) is 4.98. The minimum atomic E-state index is -0.158. The topological polar surface area (TPSA) is 73.1 Å². The number of nitrogens with zero attached hydrogens (tertiary/aromatic N) is 2. The van der Waals surface area contributed by atoms with Crippen LogP contribution in [-0.2, 0) is 4.74 Å². The van der Waals surface area contributed by atoms with Crippen LogP contribution in [0.15, 0.2) is 0 Å². The number of ether oxygens (including phenoxy) is 1. The second-order valence-corrected chi connectivity index (χ2v) is 5.27. The van der Waals surface area contributed by atoms with Crippen molar-refractivity contribution in [3.05, 3.63) is 17.1 Å². The van der Waals surface area contributed by atoms with Gasteiger partial charge in [-0.25, -0.2) is 15.8 Å². The van der Waals surface area contributed by atoms with E-state index in [4.69, 9.17) is 10.6 Å². The smallest absolute Gasteiger partial charge is 0.160 e. The lowest BCUT2D eigenvalue weighted by atomic mass is 9.88. The summed E-state index contributed by atoms with van der Waals surface area (Å²) in [6.45, 7) is 10.2. The molecule has 0 aliphatic rings. The first-order chi connectivity index (χ1) is 7.81. The lowest BCUT2D eigenvalue weighted by molar-refractivity contribution is 0.00863. The van der Waals surface area contributed by atoms with Crippen LogP contribution < -0.4 is 11.3 Å². The van der Waals surface area contributed by atoms with Gasteiger partial charge in [-0.3, -0.25) is 0 Å². The predicted molar refractivity (Wildman–Crippen MR) is 68.5 cm³/mol. The van der Waals surface area contributed by atoms with Crippen LogP contribution in [0.25, 0.3) is 0 Å². The molecule has 1 atom stereocenters. The summed E-state index contributed by atoms with van der Waals surface area (Å²) in [6, 6.07) is 0. The van der Waals surface area contributed by atoms with Crippen molar-refractivity contribution in [1.82, 2.24) is 9.97 Å². The molecule has 5 nitrogen and oxygen atoms in total. The number of hydrogen-bond donors (Lipinski definition) is 2. The molecule has 3 N–H and O–H groups in total. The maximum Gasteiger partial charge on any atom is 0.160 e. The number of rotatable bonds is 3. The molecule has 1 rings (SSSR count). The average Bonchev–Trinajstić information content (AvgIpc) is 2.21. The van der Waals surface area contributed by atoms with E-state index in [2.05, 4.69) is 36.2 Å². The summed E-state index contributed by atoms with van der Waals surface area (Å²) in [6.07, 6.45) is -0.158. The van der Waals surface area contributed by atoms with Crippen LogP contribution >= 0.6 is 0 Å². The lowest BCUT2D eigenvalue weighted by Gasteiger charge is -2.28. The molecule has 1 heterocycles. The van der Waals surface area contributed by atoms with Gasteiger partial charge in [0.1, 0.15) is 11.9 Å². The van der Waals surface area contributed by atoms with Crippen LogP contribution in [0, 0.1) is 19.3 Å². The number of methoxy groups -OCH3 is 1. The summed E-state index contributed by atoms with van der Waals surface area (Å²) in [5, 5.41) is 0. The first-order valence-corrected chi connectivity index (χ1v) is 5.65. The van der Waals surface area contributed by atoms with Gasteiger partial charge in [0.15, 0.2) is 5.82 Å². The Hall–Kier alpha value is -1.20. The van der Waals surface area contributed by atoms with Crippen molar-refractivity contribution in [3.8, 4) is 0 Å². The number of nitrogens with one attached hydrogen (secondary N) is 1. The van der Waals surface area contributed by atoms with E-state index in [0.29, 0.717) is 11.6 Å². The number of aryl methyl sites for hydroxylation is 1. The standard InChI is InChI=1S/C12H22N4O/c1-7-8(2)14-11(15-10(7)16-13)9(17-6)12(3,4)5/h9H,13H2,1-6H3,(H,14,15,16). The normalized spacial score (nSPS) is 13.6. The van der Waals surface area contributed by atoms with Crippen molar-refractivity contribution in [1.29, 1.82) is 0 Å². The van der Waals surface area contributed by atoms with Crippen LogP contribution in [0.3, 0.4) is 0 Å². The second-order valence-electron chi connectivity index (χ2n) is 5.27. The van der Waals surface area contributed by atoms with E-state index in [-0.39, 0.29) is 11.5 Å². The Balaban J connectivity index is 3.26. The minimum absolute atomic E-state index is 0.0671. The highest BCUT2D eigenvalue weighted by Gasteiger charge is 2.29. The maximum absolute atomic E-state index is 5.50. The van der Waals surface area contributed by atoms with Gasteiger partial charge >= 0.3 is 0 Å². The molecule has 0 saturated heterocycles. The van der Waals surface area contributed by atoms with E-state index in [1.165, 1.54) is 0 Å². The van der Waals surface area contributed by atoms with Gasteiger partial charge in [0.05, 0.1) is 0 Å². The molecule has 0 saturated carbocycles. The van der Waals surface area contributed by atoms with Crippen molar-refractivity contribution in [2.24, 2.45) is 11.3 Å². The van der Waals surface area contributed by atoms with Crippen LogP contribution in [0.1, 0.15) is 44.0 Å². The Morgan fingerprint density at radius 2 is 1.82 bits per heavy atom. The number of hydrogen-bond acceptors (Lipinski definition) is 5. The van der Waals surface area contributed by atoms with Crippen molar-refractivity contribution >= 4 is 5.82 Å². The van der Waals surface area contributed by atoms with E-state index < -0.39 is 0 Å². The van der Waals surface area contributed by atoms with Gasteiger partial charge < -0.3 is 10.2 Å². The third-order valence-corrected chi connectivity index (χ3v) is 2.80. The molecule has 0 aliphatic heterocycles. The van der Waals surface area contributed by atoms with Gasteiger partial charge in [-0.1, -0.05) is 20.8 Å². The van der Waals surface area contributed by atoms with Crippen LogP contribution in [0.5, 0.6) is 0 Å². The summed E-state index contributed by atoms with van der Waals surface area (Å²) in [7, 11) is 1.67. The number of anilines is 1. The Morgan fingerprint density at radius 1 is 1.24 bits per heavy atom. The van der Waals surface area contributed by atoms with E-state index in [9.17, 15) is 0 Å². The highest BCUT2D eigenvalue weighted by molar-refractivity contribution is 5.44. The fraction of sp³-hybridized carbons (Fsp3) is 0.667. The Labute approximate surface area is 103 Å². The van der Waals surface area contributed by atoms with Crippen molar-refractivity contribution in [2.75, 3.05) is 12.5 Å². The molecule has 0 bridgehead atoms. The van der Waals surface area contributed by atoms with E-state index in [1.54, 1.807) is 7.11 Å². The molecule has 0 fully saturated rings. The molecule has 0 aliphatic carbocycles. The summed E-state index contributed by atoms with van der Waals surface area (Å²) < 4.78 is 5.50. The number of nitrogens with two attached hydrogens (primary N) is 1. The highest BCUT2D eigenvalue weighted by Crippen LogP contribution is 2.34. The zero-order valence-electron chi connectivity index (χ0n) is 11.5. The van der Waals surface area contributed by atoms with Gasteiger partial charge in [0, 0.05) is 18.4 Å². The molecule has 0 amide bonds. The summed E-state index contributed by atoms with van der Waals surface area (Å²) in [4.78, 5) is 8.90. The first-order valence-electron chi connectivity index (χ1n) is 5.65. The molecule has 96 valence electrons. The van der Waals surface area contributed by atoms with Crippen LogP contribution in [0.2, 0.25) is 0 Å². The largest absolute Gasteiger partial charge is 0.373 e. The van der Waals surface area contributed by atoms with E-state index >= 15 is 0 Å². The van der Waals surface area contributed by atoms with Gasteiger partial charge in [-0.15, -0.1) is 0 Å². The molecule has 0 spiro atoms. The van der Waals surface area contributed by atoms with Crippen LogP contribution in [0.4, 0.5) is 5.82 Å². The Bertz CT molecular complexity index is 398. The third-order valence-electron chi connectivity index (χ3n) is 2.80. The van der Waals surface area contributed by atoms with Gasteiger partial charge in [-0.2, -0.15) is 0 Å². The average molecular weight is 238 g/mol. The van der Waals surface area contributed by atoms with Gasteiger partial charge in [0.25, 0.3) is 0 Å². The first kappa shape index (κ1) is 13.9. The molecule has 5 heteroatoms. The van der Waals surface area contributed by atoms with Crippen molar-refractivity contribution < 1.29 is 4.74 Å². The van der Waals surface area contributed by atoms with Gasteiger partial charge in [-0.05, 0) is 19.3 Å². The van der Waals surface area contributed by atoms with E-state index in [1.807, 2.05) is 13.8 Å². The third kappa shape index (κ3) is 2.92. The Kier molecular flexibility index (Phi) is 4.06. The molecular weight excluding hydrogens is 216 g/mol. The fourth-order valence-electron chi connectivity index (χ4n) is 1.75. The molecule has 1 unspecified atom stereocenters. The SMILES string of the molecule is COC(c1nc(C)c(C)c(NN)n1)C(C)(C)C. The maximum atomic E-state index is 5.50. The van der Waals surface area contributed by atoms with E-state index in [0.717, 1.165) is 11.3 Å². The zero-order valence-corrected chi connectivity index (χ0v) is 11.5. The van der Waals surface area contributed by atoms with Gasteiger partial charge in [0.2, 0.25) is 0 Å². The summed E-state index contributed by atoms with van der Waals surface area (Å²) >= 11 is 0. The molecule has 0 aromatic carbocycles.